The molecule has 4 heteroatoms. The van der Waals surface area contributed by atoms with Crippen LogP contribution in [0.4, 0.5) is 13.2 Å². The van der Waals surface area contributed by atoms with Crippen molar-refractivity contribution in [1.29, 1.82) is 0 Å². The summed E-state index contributed by atoms with van der Waals surface area (Å²) in [6.45, 7) is 1.53. The Hall–Kier alpha value is -1.03. The van der Waals surface area contributed by atoms with E-state index in [1.165, 1.54) is 19.1 Å². The fourth-order valence-electron chi connectivity index (χ4n) is 1.15. The van der Waals surface area contributed by atoms with Crippen LogP contribution in [0, 0.1) is 0 Å². The molecule has 1 aromatic rings. The summed E-state index contributed by atoms with van der Waals surface area (Å²) in [7, 11) is 0. The monoisotopic (exact) mass is 189 g/mol. The highest BCUT2D eigenvalue weighted by molar-refractivity contribution is 5.31. The highest BCUT2D eigenvalue weighted by atomic mass is 19.4. The molecule has 1 atom stereocenters. The zero-order valence-electron chi connectivity index (χ0n) is 7.10. The standard InChI is InChI=1S/C9H10F3N/c1-6(13)7-4-2-3-5-8(7)9(10,11)12/h2-6H,13H2,1H3. The summed E-state index contributed by atoms with van der Waals surface area (Å²) in [6.07, 6.45) is -4.32. The van der Waals surface area contributed by atoms with E-state index in [9.17, 15) is 13.2 Å². The molecule has 1 aromatic carbocycles. The van der Waals surface area contributed by atoms with E-state index in [0.29, 0.717) is 0 Å². The van der Waals surface area contributed by atoms with E-state index >= 15 is 0 Å². The van der Waals surface area contributed by atoms with Gasteiger partial charge in [0.1, 0.15) is 0 Å². The fraction of sp³-hybridized carbons (Fsp3) is 0.333. The first-order chi connectivity index (χ1) is 5.93. The van der Waals surface area contributed by atoms with E-state index in [1.807, 2.05) is 0 Å². The molecule has 1 rings (SSSR count). The fourth-order valence-corrected chi connectivity index (χ4v) is 1.15. The molecule has 0 saturated heterocycles. The summed E-state index contributed by atoms with van der Waals surface area (Å²) in [4.78, 5) is 0. The number of alkyl halides is 3. The highest BCUT2D eigenvalue weighted by Crippen LogP contribution is 2.33. The Bertz CT molecular complexity index is 291. The van der Waals surface area contributed by atoms with Crippen LogP contribution in [0.3, 0.4) is 0 Å². The molecule has 0 bridgehead atoms. The Labute approximate surface area is 74.4 Å². The van der Waals surface area contributed by atoms with Crippen LogP contribution in [-0.2, 0) is 6.18 Å². The maximum Gasteiger partial charge on any atom is 0.416 e. The van der Waals surface area contributed by atoms with E-state index in [2.05, 4.69) is 0 Å². The maximum absolute atomic E-state index is 12.4. The van der Waals surface area contributed by atoms with Gasteiger partial charge in [-0.25, -0.2) is 0 Å². The Balaban J connectivity index is 3.20. The van der Waals surface area contributed by atoms with E-state index in [1.54, 1.807) is 6.07 Å². The van der Waals surface area contributed by atoms with Crippen LogP contribution in [0.15, 0.2) is 24.3 Å². The second-order valence-corrected chi connectivity index (χ2v) is 2.87. The summed E-state index contributed by atoms with van der Waals surface area (Å²) in [5.74, 6) is 0. The lowest BCUT2D eigenvalue weighted by molar-refractivity contribution is -0.138. The van der Waals surface area contributed by atoms with Crippen LogP contribution >= 0.6 is 0 Å². The van der Waals surface area contributed by atoms with Gasteiger partial charge in [0.2, 0.25) is 0 Å². The molecule has 0 aromatic heterocycles. The quantitative estimate of drug-likeness (QED) is 0.722. The number of rotatable bonds is 1. The third-order valence-corrected chi connectivity index (χ3v) is 1.76. The average molecular weight is 189 g/mol. The predicted molar refractivity (Wildman–Crippen MR) is 44.0 cm³/mol. The zero-order chi connectivity index (χ0) is 10.1. The van der Waals surface area contributed by atoms with Crippen LogP contribution in [0.2, 0.25) is 0 Å². The Kier molecular flexibility index (Phi) is 2.61. The van der Waals surface area contributed by atoms with E-state index < -0.39 is 17.8 Å². The topological polar surface area (TPSA) is 26.0 Å². The number of benzene rings is 1. The summed E-state index contributed by atoms with van der Waals surface area (Å²) in [6, 6.07) is 4.74. The van der Waals surface area contributed by atoms with Crippen molar-refractivity contribution in [2.24, 2.45) is 5.73 Å². The molecule has 0 aliphatic carbocycles. The van der Waals surface area contributed by atoms with Gasteiger partial charge in [0.05, 0.1) is 5.56 Å². The van der Waals surface area contributed by atoms with Gasteiger partial charge in [-0.1, -0.05) is 18.2 Å². The lowest BCUT2D eigenvalue weighted by Crippen LogP contribution is -2.14. The summed E-state index contributed by atoms with van der Waals surface area (Å²) >= 11 is 0. The number of hydrogen-bond donors (Lipinski definition) is 1. The van der Waals surface area contributed by atoms with Gasteiger partial charge >= 0.3 is 6.18 Å². The summed E-state index contributed by atoms with van der Waals surface area (Å²) < 4.78 is 37.1. The Morgan fingerprint density at radius 3 is 2.15 bits per heavy atom. The number of nitrogens with two attached hydrogens (primary N) is 1. The van der Waals surface area contributed by atoms with Crippen LogP contribution in [0.5, 0.6) is 0 Å². The van der Waals surface area contributed by atoms with E-state index in [0.717, 1.165) is 6.07 Å². The van der Waals surface area contributed by atoms with Crippen molar-refractivity contribution < 1.29 is 13.2 Å². The second-order valence-electron chi connectivity index (χ2n) is 2.87. The van der Waals surface area contributed by atoms with Crippen molar-refractivity contribution in [2.75, 3.05) is 0 Å². The van der Waals surface area contributed by atoms with Crippen LogP contribution in [0.25, 0.3) is 0 Å². The molecule has 0 spiro atoms. The van der Waals surface area contributed by atoms with Crippen molar-refractivity contribution in [3.63, 3.8) is 0 Å². The molecule has 0 aliphatic rings. The Morgan fingerprint density at radius 1 is 1.23 bits per heavy atom. The average Bonchev–Trinajstić information content (AvgIpc) is 2.03. The van der Waals surface area contributed by atoms with Crippen molar-refractivity contribution in [1.82, 2.24) is 0 Å². The highest BCUT2D eigenvalue weighted by Gasteiger charge is 2.33. The summed E-state index contributed by atoms with van der Waals surface area (Å²) in [5, 5.41) is 0. The first kappa shape index (κ1) is 10.1. The molecular formula is C9H10F3N. The zero-order valence-corrected chi connectivity index (χ0v) is 7.10. The minimum absolute atomic E-state index is 0.134. The van der Waals surface area contributed by atoms with Gasteiger partial charge in [-0.3, -0.25) is 0 Å². The number of halogens is 3. The molecule has 0 saturated carbocycles. The first-order valence-electron chi connectivity index (χ1n) is 3.84. The predicted octanol–water partition coefficient (Wildman–Crippen LogP) is 2.73. The Morgan fingerprint density at radius 2 is 1.77 bits per heavy atom. The van der Waals surface area contributed by atoms with Crippen molar-refractivity contribution in [3.05, 3.63) is 35.4 Å². The van der Waals surface area contributed by atoms with Gasteiger partial charge in [0, 0.05) is 6.04 Å². The summed E-state index contributed by atoms with van der Waals surface area (Å²) in [5.41, 5.74) is 4.90. The normalized spacial score (nSPS) is 14.2. The van der Waals surface area contributed by atoms with Gasteiger partial charge in [0.15, 0.2) is 0 Å². The largest absolute Gasteiger partial charge is 0.416 e. The van der Waals surface area contributed by atoms with Gasteiger partial charge in [-0.15, -0.1) is 0 Å². The van der Waals surface area contributed by atoms with Crippen LogP contribution in [0.1, 0.15) is 24.1 Å². The van der Waals surface area contributed by atoms with E-state index in [4.69, 9.17) is 5.73 Å². The molecule has 0 amide bonds. The SMILES string of the molecule is CC(N)c1ccccc1C(F)(F)F. The first-order valence-corrected chi connectivity index (χ1v) is 3.84. The van der Waals surface area contributed by atoms with Gasteiger partial charge in [-0.2, -0.15) is 13.2 Å². The van der Waals surface area contributed by atoms with Crippen LogP contribution < -0.4 is 5.73 Å². The maximum atomic E-state index is 12.4. The molecule has 0 radical (unpaired) electrons. The van der Waals surface area contributed by atoms with Gasteiger partial charge in [-0.05, 0) is 18.6 Å². The lowest BCUT2D eigenvalue weighted by atomic mass is 10.0. The minimum Gasteiger partial charge on any atom is -0.324 e. The molecular weight excluding hydrogens is 179 g/mol. The molecule has 0 aliphatic heterocycles. The minimum atomic E-state index is -4.32. The second kappa shape index (κ2) is 3.38. The van der Waals surface area contributed by atoms with Crippen molar-refractivity contribution >= 4 is 0 Å². The van der Waals surface area contributed by atoms with Crippen molar-refractivity contribution in [3.8, 4) is 0 Å². The lowest BCUT2D eigenvalue weighted by Gasteiger charge is -2.14. The molecule has 2 N–H and O–H groups in total. The molecule has 0 heterocycles. The van der Waals surface area contributed by atoms with Gasteiger partial charge in [0.25, 0.3) is 0 Å². The molecule has 1 nitrogen and oxygen atoms in total. The molecule has 0 fully saturated rings. The molecule has 1 unspecified atom stereocenters. The van der Waals surface area contributed by atoms with Gasteiger partial charge < -0.3 is 5.73 Å². The third kappa shape index (κ3) is 2.21. The third-order valence-electron chi connectivity index (χ3n) is 1.76. The molecule has 13 heavy (non-hydrogen) atoms. The number of hydrogen-bond acceptors (Lipinski definition) is 1. The van der Waals surface area contributed by atoms with Crippen molar-refractivity contribution in [2.45, 2.75) is 19.1 Å². The molecule has 72 valence electrons. The van der Waals surface area contributed by atoms with Crippen LogP contribution in [-0.4, -0.2) is 0 Å². The smallest absolute Gasteiger partial charge is 0.324 e. The van der Waals surface area contributed by atoms with E-state index in [-0.39, 0.29) is 5.56 Å².